The van der Waals surface area contributed by atoms with Gasteiger partial charge in [-0.15, -0.1) is 0 Å². The summed E-state index contributed by atoms with van der Waals surface area (Å²) in [5, 5.41) is 0.570. The molecule has 1 saturated carbocycles. The van der Waals surface area contributed by atoms with Crippen LogP contribution in [0.3, 0.4) is 0 Å². The first-order valence-corrected chi connectivity index (χ1v) is 7.43. The third kappa shape index (κ3) is 2.22. The fourth-order valence-electron chi connectivity index (χ4n) is 3.38. The van der Waals surface area contributed by atoms with Crippen LogP contribution in [0.1, 0.15) is 31.9 Å². The minimum absolute atomic E-state index is 0.0299. The highest BCUT2D eigenvalue weighted by Crippen LogP contribution is 2.44. The molecular weight excluding hydrogens is 276 g/mol. The molecule has 4 nitrogen and oxygen atoms in total. The molecule has 0 N–H and O–H groups in total. The van der Waals surface area contributed by atoms with Crippen molar-refractivity contribution < 1.29 is 9.59 Å². The molecule has 0 radical (unpaired) electrons. The molecule has 1 aromatic rings. The zero-order chi connectivity index (χ0) is 14.3. The molecule has 20 heavy (non-hydrogen) atoms. The number of halogens is 1. The Morgan fingerprint density at radius 2 is 1.95 bits per heavy atom. The monoisotopic (exact) mass is 292 g/mol. The number of carbonyl (C=O) groups excluding carboxylic acids is 2. The van der Waals surface area contributed by atoms with Crippen LogP contribution < -0.4 is 0 Å². The average Bonchev–Trinajstić information content (AvgIpc) is 2.95. The molecule has 2 unspecified atom stereocenters. The molecule has 1 aliphatic carbocycles. The molecule has 0 bridgehead atoms. The quantitative estimate of drug-likeness (QED) is 0.805. The van der Waals surface area contributed by atoms with Crippen molar-refractivity contribution in [2.45, 2.75) is 32.7 Å². The fourth-order valence-corrected chi connectivity index (χ4v) is 3.57. The fraction of sp³-hybridized carbons (Fsp3) is 0.533. The molecule has 5 heteroatoms. The van der Waals surface area contributed by atoms with Crippen molar-refractivity contribution in [1.82, 2.24) is 9.88 Å². The first-order chi connectivity index (χ1) is 9.60. The maximum atomic E-state index is 12.4. The minimum atomic E-state index is -0.105. The van der Waals surface area contributed by atoms with E-state index in [9.17, 15) is 9.59 Å². The van der Waals surface area contributed by atoms with Crippen molar-refractivity contribution in [1.29, 1.82) is 0 Å². The number of carbonyl (C=O) groups is 2. The van der Waals surface area contributed by atoms with E-state index < -0.39 is 0 Å². The standard InChI is InChI=1S/C15H17ClN2O2/c1-2-9-5-12-13(6-9)15(20)18(14(12)19)8-11-7-10(16)3-4-17-11/h3-4,7,9,12-13H,2,5-6,8H2,1H3. The van der Waals surface area contributed by atoms with Gasteiger partial charge in [0.05, 0.1) is 24.1 Å². The van der Waals surface area contributed by atoms with Crippen LogP contribution in [0.25, 0.3) is 0 Å². The Morgan fingerprint density at radius 1 is 1.30 bits per heavy atom. The Labute approximate surface area is 123 Å². The number of pyridine rings is 1. The molecule has 1 aromatic heterocycles. The number of likely N-dealkylation sites (tertiary alicyclic amines) is 1. The zero-order valence-electron chi connectivity index (χ0n) is 11.4. The van der Waals surface area contributed by atoms with E-state index in [1.54, 1.807) is 18.3 Å². The van der Waals surface area contributed by atoms with Crippen molar-refractivity contribution in [2.75, 3.05) is 0 Å². The van der Waals surface area contributed by atoms with Crippen molar-refractivity contribution in [3.8, 4) is 0 Å². The van der Waals surface area contributed by atoms with E-state index in [1.165, 1.54) is 4.90 Å². The van der Waals surface area contributed by atoms with E-state index in [4.69, 9.17) is 11.6 Å². The summed E-state index contributed by atoms with van der Waals surface area (Å²) in [4.78, 5) is 30.3. The normalized spacial score (nSPS) is 29.1. The van der Waals surface area contributed by atoms with Gasteiger partial charge < -0.3 is 0 Å². The second-order valence-corrected chi connectivity index (χ2v) is 6.12. The summed E-state index contributed by atoms with van der Waals surface area (Å²) >= 11 is 5.91. The van der Waals surface area contributed by atoms with Crippen molar-refractivity contribution >= 4 is 23.4 Å². The molecule has 2 amide bonds. The summed E-state index contributed by atoms with van der Waals surface area (Å²) < 4.78 is 0. The zero-order valence-corrected chi connectivity index (χ0v) is 12.1. The number of nitrogens with zero attached hydrogens (tertiary/aromatic N) is 2. The highest BCUT2D eigenvalue weighted by molar-refractivity contribution is 6.30. The number of aromatic nitrogens is 1. The number of fused-ring (bicyclic) bond motifs is 1. The highest BCUT2D eigenvalue weighted by Gasteiger charge is 2.52. The topological polar surface area (TPSA) is 50.3 Å². The van der Waals surface area contributed by atoms with Crippen LogP contribution in [-0.2, 0) is 16.1 Å². The van der Waals surface area contributed by atoms with Gasteiger partial charge in [-0.05, 0) is 30.9 Å². The van der Waals surface area contributed by atoms with Crippen LogP contribution in [0.5, 0.6) is 0 Å². The number of hydrogen-bond acceptors (Lipinski definition) is 3. The van der Waals surface area contributed by atoms with E-state index in [0.717, 1.165) is 19.3 Å². The highest BCUT2D eigenvalue weighted by atomic mass is 35.5. The van der Waals surface area contributed by atoms with Gasteiger partial charge in [-0.1, -0.05) is 24.9 Å². The molecule has 3 rings (SSSR count). The van der Waals surface area contributed by atoms with Crippen LogP contribution in [0, 0.1) is 17.8 Å². The smallest absolute Gasteiger partial charge is 0.233 e. The van der Waals surface area contributed by atoms with E-state index in [1.807, 2.05) is 0 Å². The molecule has 2 atom stereocenters. The van der Waals surface area contributed by atoms with Crippen LogP contribution in [0.15, 0.2) is 18.3 Å². The lowest BCUT2D eigenvalue weighted by Crippen LogP contribution is -2.32. The van der Waals surface area contributed by atoms with E-state index in [0.29, 0.717) is 16.6 Å². The first kappa shape index (κ1) is 13.6. The summed E-state index contributed by atoms with van der Waals surface area (Å²) in [5.41, 5.74) is 0.659. The van der Waals surface area contributed by atoms with Crippen LogP contribution in [-0.4, -0.2) is 21.7 Å². The molecule has 0 spiro atoms. The molecule has 1 saturated heterocycles. The van der Waals surface area contributed by atoms with Gasteiger partial charge in [-0.25, -0.2) is 0 Å². The molecular formula is C15H17ClN2O2. The van der Waals surface area contributed by atoms with Crippen LogP contribution in [0.4, 0.5) is 0 Å². The number of hydrogen-bond donors (Lipinski definition) is 0. The van der Waals surface area contributed by atoms with Crippen molar-refractivity contribution in [2.24, 2.45) is 17.8 Å². The Hall–Kier alpha value is -1.42. The maximum Gasteiger partial charge on any atom is 0.233 e. The van der Waals surface area contributed by atoms with E-state index >= 15 is 0 Å². The van der Waals surface area contributed by atoms with Crippen molar-refractivity contribution in [3.05, 3.63) is 29.0 Å². The predicted octanol–water partition coefficient (Wildman–Crippen LogP) is 2.66. The molecule has 0 aromatic carbocycles. The third-order valence-electron chi connectivity index (χ3n) is 4.50. The molecule has 2 aliphatic rings. The predicted molar refractivity (Wildman–Crippen MR) is 74.8 cm³/mol. The van der Waals surface area contributed by atoms with Crippen molar-refractivity contribution in [3.63, 3.8) is 0 Å². The van der Waals surface area contributed by atoms with Gasteiger partial charge in [-0.2, -0.15) is 0 Å². The minimum Gasteiger partial charge on any atom is -0.276 e. The second-order valence-electron chi connectivity index (χ2n) is 5.69. The number of rotatable bonds is 3. The lowest BCUT2D eigenvalue weighted by molar-refractivity contribution is -0.141. The number of imide groups is 1. The lowest BCUT2D eigenvalue weighted by Gasteiger charge is -2.17. The van der Waals surface area contributed by atoms with E-state index in [2.05, 4.69) is 11.9 Å². The summed E-state index contributed by atoms with van der Waals surface area (Å²) in [6, 6.07) is 3.38. The molecule has 1 aliphatic heterocycles. The summed E-state index contributed by atoms with van der Waals surface area (Å²) in [6.45, 7) is 2.36. The lowest BCUT2D eigenvalue weighted by atomic mass is 10.00. The summed E-state index contributed by atoms with van der Waals surface area (Å²) in [6.07, 6.45) is 4.34. The van der Waals surface area contributed by atoms with Gasteiger partial charge in [0.1, 0.15) is 0 Å². The first-order valence-electron chi connectivity index (χ1n) is 7.05. The third-order valence-corrected chi connectivity index (χ3v) is 4.74. The Kier molecular flexibility index (Phi) is 3.50. The SMILES string of the molecule is CCC1CC2C(=O)N(Cc3cc(Cl)ccn3)C(=O)C2C1. The molecule has 106 valence electrons. The molecule has 2 heterocycles. The van der Waals surface area contributed by atoms with Gasteiger partial charge in [0.15, 0.2) is 0 Å². The largest absolute Gasteiger partial charge is 0.276 e. The second kappa shape index (κ2) is 5.17. The van der Waals surface area contributed by atoms with Crippen LogP contribution in [0.2, 0.25) is 5.02 Å². The van der Waals surface area contributed by atoms with Gasteiger partial charge in [-0.3, -0.25) is 19.5 Å². The summed E-state index contributed by atoms with van der Waals surface area (Å²) in [7, 11) is 0. The average molecular weight is 293 g/mol. The Bertz CT molecular complexity index is 537. The van der Waals surface area contributed by atoms with E-state index in [-0.39, 0.29) is 30.2 Å². The Balaban J connectivity index is 1.77. The van der Waals surface area contributed by atoms with Gasteiger partial charge in [0.2, 0.25) is 11.8 Å². The number of amides is 2. The van der Waals surface area contributed by atoms with Gasteiger partial charge >= 0.3 is 0 Å². The summed E-state index contributed by atoms with van der Waals surface area (Å²) in [5.74, 6) is 0.248. The molecule has 2 fully saturated rings. The van der Waals surface area contributed by atoms with Gasteiger partial charge in [0.25, 0.3) is 0 Å². The van der Waals surface area contributed by atoms with Gasteiger partial charge in [0, 0.05) is 11.2 Å². The van der Waals surface area contributed by atoms with Crippen LogP contribution >= 0.6 is 11.6 Å². The Morgan fingerprint density at radius 3 is 2.50 bits per heavy atom. The maximum absolute atomic E-state index is 12.4.